The molecule has 0 bridgehead atoms. The third-order valence-corrected chi connectivity index (χ3v) is 2.62. The first-order chi connectivity index (χ1) is 6.86. The number of hydrogen-bond acceptors (Lipinski definition) is 2. The monoisotopic (exact) mass is 185 g/mol. The molecule has 0 spiro atoms. The summed E-state index contributed by atoms with van der Waals surface area (Å²) in [5.74, 6) is 1.05. The second kappa shape index (κ2) is 2.61. The summed E-state index contributed by atoms with van der Waals surface area (Å²) in [6.45, 7) is 2.13. The van der Waals surface area contributed by atoms with Crippen molar-refractivity contribution in [2.24, 2.45) is 0 Å². The maximum Gasteiger partial charge on any atom is 0.143 e. The predicted molar refractivity (Wildman–Crippen MR) is 56.0 cm³/mol. The van der Waals surface area contributed by atoms with Crippen LogP contribution in [0, 0.1) is 0 Å². The van der Waals surface area contributed by atoms with Gasteiger partial charge in [-0.15, -0.1) is 0 Å². The molecule has 0 radical (unpaired) electrons. The molecule has 0 amide bonds. The molecule has 0 fully saturated rings. The van der Waals surface area contributed by atoms with E-state index in [1.807, 2.05) is 24.5 Å². The predicted octanol–water partition coefficient (Wildman–Crippen LogP) is 2.49. The summed E-state index contributed by atoms with van der Waals surface area (Å²) < 4.78 is 2.14. The molecular formula is C11H11N3. The van der Waals surface area contributed by atoms with E-state index in [-0.39, 0.29) is 6.17 Å². The van der Waals surface area contributed by atoms with Crippen molar-refractivity contribution >= 4 is 5.69 Å². The molecule has 0 saturated carbocycles. The number of nitrogens with zero attached hydrogens (tertiary/aromatic N) is 2. The zero-order chi connectivity index (χ0) is 9.54. The first kappa shape index (κ1) is 7.62. The van der Waals surface area contributed by atoms with Crippen molar-refractivity contribution in [2.45, 2.75) is 13.1 Å². The van der Waals surface area contributed by atoms with Gasteiger partial charge in [-0.2, -0.15) is 0 Å². The molecule has 1 N–H and O–H groups in total. The normalized spacial score (nSPS) is 18.2. The summed E-state index contributed by atoms with van der Waals surface area (Å²) in [6, 6.07) is 8.25. The van der Waals surface area contributed by atoms with E-state index in [1.54, 1.807) is 0 Å². The van der Waals surface area contributed by atoms with Crippen LogP contribution in [0.15, 0.2) is 36.7 Å². The number of hydrogen-bond donors (Lipinski definition) is 1. The van der Waals surface area contributed by atoms with Gasteiger partial charge < -0.3 is 9.88 Å². The van der Waals surface area contributed by atoms with Crippen LogP contribution >= 0.6 is 0 Å². The number of fused-ring (bicyclic) bond motifs is 3. The van der Waals surface area contributed by atoms with E-state index in [1.165, 1.54) is 11.3 Å². The zero-order valence-electron chi connectivity index (χ0n) is 7.94. The van der Waals surface area contributed by atoms with E-state index < -0.39 is 0 Å². The summed E-state index contributed by atoms with van der Waals surface area (Å²) in [5, 5.41) is 3.43. The van der Waals surface area contributed by atoms with Crippen LogP contribution < -0.4 is 5.32 Å². The molecule has 2 aromatic rings. The molecule has 1 atom stereocenters. The lowest BCUT2D eigenvalue weighted by atomic mass is 10.1. The van der Waals surface area contributed by atoms with Gasteiger partial charge in [-0.1, -0.05) is 12.1 Å². The first-order valence-corrected chi connectivity index (χ1v) is 4.75. The lowest BCUT2D eigenvalue weighted by molar-refractivity contribution is 0.612. The molecule has 3 heteroatoms. The number of nitrogens with one attached hydrogen (secondary N) is 1. The second-order valence-electron chi connectivity index (χ2n) is 3.52. The SMILES string of the molecule is CC1Nc2ccccc2-c2nccn21. The second-order valence-corrected chi connectivity index (χ2v) is 3.52. The van der Waals surface area contributed by atoms with Crippen LogP contribution in [0.1, 0.15) is 13.1 Å². The molecule has 70 valence electrons. The Morgan fingerprint density at radius 2 is 2.21 bits per heavy atom. The van der Waals surface area contributed by atoms with Crippen molar-refractivity contribution in [1.82, 2.24) is 9.55 Å². The highest BCUT2D eigenvalue weighted by molar-refractivity contribution is 5.75. The Balaban J connectivity index is 2.29. The summed E-state index contributed by atoms with van der Waals surface area (Å²) in [4.78, 5) is 4.37. The highest BCUT2D eigenvalue weighted by atomic mass is 15.2. The van der Waals surface area contributed by atoms with Crippen LogP contribution in [0.3, 0.4) is 0 Å². The van der Waals surface area contributed by atoms with Gasteiger partial charge in [-0.05, 0) is 19.1 Å². The van der Waals surface area contributed by atoms with Crippen molar-refractivity contribution in [3.8, 4) is 11.4 Å². The molecular weight excluding hydrogens is 174 g/mol. The Morgan fingerprint density at radius 3 is 3.14 bits per heavy atom. The molecule has 3 rings (SSSR count). The maximum atomic E-state index is 4.37. The number of rotatable bonds is 0. The fraction of sp³-hybridized carbons (Fsp3) is 0.182. The molecule has 1 aromatic heterocycles. The number of imidazole rings is 1. The quantitative estimate of drug-likeness (QED) is 0.683. The average Bonchev–Trinajstić information content (AvgIpc) is 2.67. The van der Waals surface area contributed by atoms with Crippen LogP contribution in [0.5, 0.6) is 0 Å². The summed E-state index contributed by atoms with van der Waals surface area (Å²) in [7, 11) is 0. The number of anilines is 1. The number of para-hydroxylation sites is 1. The van der Waals surface area contributed by atoms with Crippen LogP contribution in [-0.4, -0.2) is 9.55 Å². The van der Waals surface area contributed by atoms with Gasteiger partial charge in [0.25, 0.3) is 0 Å². The number of benzene rings is 1. The van der Waals surface area contributed by atoms with Gasteiger partial charge in [0, 0.05) is 23.6 Å². The molecule has 1 unspecified atom stereocenters. The Hall–Kier alpha value is -1.77. The van der Waals surface area contributed by atoms with E-state index in [0.717, 1.165) is 5.82 Å². The van der Waals surface area contributed by atoms with Crippen molar-refractivity contribution < 1.29 is 0 Å². The van der Waals surface area contributed by atoms with Gasteiger partial charge in [0.15, 0.2) is 0 Å². The molecule has 1 aliphatic heterocycles. The Kier molecular flexibility index (Phi) is 1.42. The van der Waals surface area contributed by atoms with E-state index in [9.17, 15) is 0 Å². The van der Waals surface area contributed by atoms with Gasteiger partial charge in [0.1, 0.15) is 12.0 Å². The molecule has 0 aliphatic carbocycles. The standard InChI is InChI=1S/C11H11N3/c1-8-13-10-5-3-2-4-9(10)11-12-6-7-14(8)11/h2-8,13H,1H3. The van der Waals surface area contributed by atoms with E-state index >= 15 is 0 Å². The lowest BCUT2D eigenvalue weighted by Crippen LogP contribution is -2.20. The van der Waals surface area contributed by atoms with Gasteiger partial charge >= 0.3 is 0 Å². The minimum atomic E-state index is 0.280. The van der Waals surface area contributed by atoms with E-state index in [2.05, 4.69) is 33.9 Å². The lowest BCUT2D eigenvalue weighted by Gasteiger charge is -2.26. The minimum Gasteiger partial charge on any atom is -0.364 e. The molecule has 2 heterocycles. The third kappa shape index (κ3) is 0.894. The van der Waals surface area contributed by atoms with Gasteiger partial charge in [0.05, 0.1) is 0 Å². The molecule has 0 saturated heterocycles. The first-order valence-electron chi connectivity index (χ1n) is 4.75. The summed E-state index contributed by atoms with van der Waals surface area (Å²) in [6.07, 6.45) is 4.13. The van der Waals surface area contributed by atoms with Crippen LogP contribution in [0.4, 0.5) is 5.69 Å². The van der Waals surface area contributed by atoms with Crippen molar-refractivity contribution in [3.05, 3.63) is 36.7 Å². The summed E-state index contributed by atoms with van der Waals surface area (Å²) in [5.41, 5.74) is 2.34. The topological polar surface area (TPSA) is 29.9 Å². The zero-order valence-corrected chi connectivity index (χ0v) is 7.94. The largest absolute Gasteiger partial charge is 0.364 e. The Bertz CT molecular complexity index is 473. The fourth-order valence-corrected chi connectivity index (χ4v) is 1.93. The summed E-state index contributed by atoms with van der Waals surface area (Å²) >= 11 is 0. The number of aromatic nitrogens is 2. The molecule has 1 aliphatic rings. The van der Waals surface area contributed by atoms with E-state index in [0.29, 0.717) is 0 Å². The van der Waals surface area contributed by atoms with Crippen LogP contribution in [0.25, 0.3) is 11.4 Å². The van der Waals surface area contributed by atoms with Gasteiger partial charge in [0.2, 0.25) is 0 Å². The molecule has 14 heavy (non-hydrogen) atoms. The smallest absolute Gasteiger partial charge is 0.143 e. The Labute approximate surface area is 82.4 Å². The highest BCUT2D eigenvalue weighted by Crippen LogP contribution is 2.33. The maximum absolute atomic E-state index is 4.37. The fourth-order valence-electron chi connectivity index (χ4n) is 1.93. The average molecular weight is 185 g/mol. The van der Waals surface area contributed by atoms with Gasteiger partial charge in [-0.3, -0.25) is 0 Å². The van der Waals surface area contributed by atoms with Crippen molar-refractivity contribution in [1.29, 1.82) is 0 Å². The third-order valence-electron chi connectivity index (χ3n) is 2.62. The van der Waals surface area contributed by atoms with Crippen LogP contribution in [-0.2, 0) is 0 Å². The van der Waals surface area contributed by atoms with Crippen LogP contribution in [0.2, 0.25) is 0 Å². The minimum absolute atomic E-state index is 0.280. The molecule has 1 aromatic carbocycles. The van der Waals surface area contributed by atoms with Crippen molar-refractivity contribution in [3.63, 3.8) is 0 Å². The highest BCUT2D eigenvalue weighted by Gasteiger charge is 2.19. The van der Waals surface area contributed by atoms with Crippen molar-refractivity contribution in [2.75, 3.05) is 5.32 Å². The Morgan fingerprint density at radius 1 is 1.36 bits per heavy atom. The molecule has 3 nitrogen and oxygen atoms in total. The van der Waals surface area contributed by atoms with Gasteiger partial charge in [-0.25, -0.2) is 4.98 Å². The van der Waals surface area contributed by atoms with E-state index in [4.69, 9.17) is 0 Å².